The standard InChI is InChI=1S/C16H13N3O2/c1-3-12-6-4-7-13(10-12)14-8-5-9-15-16(14)18-19(17-15)21-11(2)20/h3-10H,1H2,2H3. The SMILES string of the molecule is C=Cc1cccc(-c2cccc3nn(OC(C)=O)nc23)c1. The van der Waals surface area contributed by atoms with Gasteiger partial charge in [0.25, 0.3) is 0 Å². The van der Waals surface area contributed by atoms with E-state index in [2.05, 4.69) is 16.8 Å². The molecule has 104 valence electrons. The number of hydrogen-bond donors (Lipinski definition) is 0. The Kier molecular flexibility index (Phi) is 3.23. The molecular weight excluding hydrogens is 266 g/mol. The first-order valence-corrected chi connectivity index (χ1v) is 6.45. The first-order chi connectivity index (χ1) is 10.2. The van der Waals surface area contributed by atoms with Gasteiger partial charge in [0.2, 0.25) is 0 Å². The maximum absolute atomic E-state index is 11.0. The van der Waals surface area contributed by atoms with Gasteiger partial charge in [-0.15, -0.1) is 10.2 Å². The average Bonchev–Trinajstić information content (AvgIpc) is 2.88. The van der Waals surface area contributed by atoms with E-state index in [1.54, 1.807) is 6.08 Å². The molecule has 0 saturated carbocycles. The molecule has 21 heavy (non-hydrogen) atoms. The Bertz CT molecular complexity index is 836. The summed E-state index contributed by atoms with van der Waals surface area (Å²) in [7, 11) is 0. The molecule has 0 aliphatic heterocycles. The number of nitrogens with zero attached hydrogens (tertiary/aromatic N) is 3. The van der Waals surface area contributed by atoms with Gasteiger partial charge in [0, 0.05) is 17.4 Å². The summed E-state index contributed by atoms with van der Waals surface area (Å²) in [5.41, 5.74) is 4.30. The monoisotopic (exact) mass is 279 g/mol. The maximum Gasteiger partial charge on any atom is 0.333 e. The molecule has 3 aromatic rings. The highest BCUT2D eigenvalue weighted by molar-refractivity contribution is 5.91. The van der Waals surface area contributed by atoms with Crippen LogP contribution in [0.1, 0.15) is 12.5 Å². The maximum atomic E-state index is 11.0. The third kappa shape index (κ3) is 2.53. The fourth-order valence-corrected chi connectivity index (χ4v) is 2.14. The van der Waals surface area contributed by atoms with Gasteiger partial charge in [0.1, 0.15) is 11.0 Å². The molecule has 0 fully saturated rings. The summed E-state index contributed by atoms with van der Waals surface area (Å²) >= 11 is 0. The molecule has 0 atom stereocenters. The lowest BCUT2D eigenvalue weighted by Gasteiger charge is -2.03. The van der Waals surface area contributed by atoms with Gasteiger partial charge in [-0.25, -0.2) is 4.79 Å². The van der Waals surface area contributed by atoms with Crippen LogP contribution in [0.3, 0.4) is 0 Å². The summed E-state index contributed by atoms with van der Waals surface area (Å²) in [6.45, 7) is 5.08. The number of rotatable bonds is 3. The highest BCUT2D eigenvalue weighted by Crippen LogP contribution is 2.27. The van der Waals surface area contributed by atoms with Crippen molar-refractivity contribution in [2.45, 2.75) is 6.92 Å². The van der Waals surface area contributed by atoms with E-state index in [-0.39, 0.29) is 0 Å². The molecular formula is C16H13N3O2. The van der Waals surface area contributed by atoms with Crippen LogP contribution in [0.4, 0.5) is 0 Å². The zero-order chi connectivity index (χ0) is 14.8. The van der Waals surface area contributed by atoms with E-state index < -0.39 is 5.97 Å². The third-order valence-corrected chi connectivity index (χ3v) is 3.04. The molecule has 0 radical (unpaired) electrons. The van der Waals surface area contributed by atoms with Gasteiger partial charge in [-0.2, -0.15) is 0 Å². The molecule has 5 heteroatoms. The molecule has 0 amide bonds. The van der Waals surface area contributed by atoms with Crippen LogP contribution in [0.2, 0.25) is 0 Å². The van der Waals surface area contributed by atoms with Crippen LogP contribution >= 0.6 is 0 Å². The van der Waals surface area contributed by atoms with Crippen molar-refractivity contribution in [3.63, 3.8) is 0 Å². The largest absolute Gasteiger partial charge is 0.333 e. The Morgan fingerprint density at radius 3 is 2.81 bits per heavy atom. The molecule has 2 aromatic carbocycles. The lowest BCUT2D eigenvalue weighted by molar-refractivity contribution is -0.144. The minimum Gasteiger partial charge on any atom is -0.302 e. The van der Waals surface area contributed by atoms with Crippen molar-refractivity contribution in [1.82, 2.24) is 15.2 Å². The number of carbonyl (C=O) groups is 1. The summed E-state index contributed by atoms with van der Waals surface area (Å²) in [6, 6.07) is 13.6. The zero-order valence-corrected chi connectivity index (χ0v) is 11.5. The number of benzene rings is 2. The molecule has 0 aliphatic carbocycles. The van der Waals surface area contributed by atoms with Gasteiger partial charge in [-0.05, 0) is 23.3 Å². The summed E-state index contributed by atoms with van der Waals surface area (Å²) in [5.74, 6) is -0.467. The zero-order valence-electron chi connectivity index (χ0n) is 11.5. The Morgan fingerprint density at radius 2 is 2.05 bits per heavy atom. The van der Waals surface area contributed by atoms with Gasteiger partial charge in [0.05, 0.1) is 0 Å². The first kappa shape index (κ1) is 13.1. The second-order valence-corrected chi connectivity index (χ2v) is 4.54. The molecule has 0 N–H and O–H groups in total. The lowest BCUT2D eigenvalue weighted by Crippen LogP contribution is -2.18. The fourth-order valence-electron chi connectivity index (χ4n) is 2.14. The van der Waals surface area contributed by atoms with Crippen molar-refractivity contribution in [2.75, 3.05) is 0 Å². The van der Waals surface area contributed by atoms with Crippen LogP contribution < -0.4 is 4.84 Å². The number of fused-ring (bicyclic) bond motifs is 1. The molecule has 5 nitrogen and oxygen atoms in total. The van der Waals surface area contributed by atoms with Gasteiger partial charge in [-0.1, -0.05) is 43.0 Å². The van der Waals surface area contributed by atoms with E-state index >= 15 is 0 Å². The fraction of sp³-hybridized carbons (Fsp3) is 0.0625. The van der Waals surface area contributed by atoms with Crippen LogP contribution in [0.5, 0.6) is 0 Å². The summed E-state index contributed by atoms with van der Waals surface area (Å²) in [6.07, 6.45) is 1.79. The third-order valence-electron chi connectivity index (χ3n) is 3.04. The minimum absolute atomic E-state index is 0.467. The number of carbonyl (C=O) groups excluding carboxylic acids is 1. The van der Waals surface area contributed by atoms with Crippen molar-refractivity contribution in [3.05, 3.63) is 54.6 Å². The van der Waals surface area contributed by atoms with Crippen molar-refractivity contribution in [3.8, 4) is 11.1 Å². The van der Waals surface area contributed by atoms with E-state index in [1.807, 2.05) is 42.5 Å². The van der Waals surface area contributed by atoms with Crippen LogP contribution in [0.25, 0.3) is 28.2 Å². The highest BCUT2D eigenvalue weighted by Gasteiger charge is 2.11. The quantitative estimate of drug-likeness (QED) is 0.739. The number of aromatic nitrogens is 3. The van der Waals surface area contributed by atoms with Crippen molar-refractivity contribution >= 4 is 23.1 Å². The summed E-state index contributed by atoms with van der Waals surface area (Å²) in [5, 5.41) is 8.35. The van der Waals surface area contributed by atoms with E-state index in [9.17, 15) is 4.79 Å². The Hall–Kier alpha value is -2.95. The van der Waals surface area contributed by atoms with Crippen molar-refractivity contribution in [1.29, 1.82) is 0 Å². The molecule has 3 rings (SSSR count). The summed E-state index contributed by atoms with van der Waals surface area (Å²) in [4.78, 5) is 16.8. The normalized spacial score (nSPS) is 10.5. The highest BCUT2D eigenvalue weighted by atomic mass is 16.7. The molecule has 0 saturated heterocycles. The van der Waals surface area contributed by atoms with E-state index in [1.165, 1.54) is 6.92 Å². The molecule has 0 spiro atoms. The second kappa shape index (κ2) is 5.20. The van der Waals surface area contributed by atoms with Crippen molar-refractivity contribution in [2.24, 2.45) is 0 Å². The van der Waals surface area contributed by atoms with Crippen LogP contribution in [-0.2, 0) is 4.79 Å². The summed E-state index contributed by atoms with van der Waals surface area (Å²) < 4.78 is 0. The molecule has 0 aliphatic rings. The van der Waals surface area contributed by atoms with Crippen LogP contribution in [0, 0.1) is 0 Å². The topological polar surface area (TPSA) is 57.0 Å². The Labute approximate surface area is 121 Å². The van der Waals surface area contributed by atoms with Crippen molar-refractivity contribution < 1.29 is 9.63 Å². The lowest BCUT2D eigenvalue weighted by atomic mass is 10.0. The molecule has 1 aromatic heterocycles. The molecule has 0 unspecified atom stereocenters. The predicted molar refractivity (Wildman–Crippen MR) is 80.3 cm³/mol. The molecule has 0 bridgehead atoms. The van der Waals surface area contributed by atoms with Gasteiger partial charge >= 0.3 is 5.97 Å². The van der Waals surface area contributed by atoms with Crippen LogP contribution in [0.15, 0.2) is 49.0 Å². The van der Waals surface area contributed by atoms with E-state index in [0.29, 0.717) is 11.0 Å². The predicted octanol–water partition coefficient (Wildman–Crippen LogP) is 2.72. The first-order valence-electron chi connectivity index (χ1n) is 6.45. The Balaban J connectivity index is 2.15. The minimum atomic E-state index is -0.467. The Morgan fingerprint density at radius 1 is 1.24 bits per heavy atom. The van der Waals surface area contributed by atoms with Gasteiger partial charge in [-0.3, -0.25) is 0 Å². The smallest absolute Gasteiger partial charge is 0.302 e. The van der Waals surface area contributed by atoms with Gasteiger partial charge < -0.3 is 4.84 Å². The van der Waals surface area contributed by atoms with Gasteiger partial charge in [0.15, 0.2) is 0 Å². The van der Waals surface area contributed by atoms with E-state index in [4.69, 9.17) is 4.84 Å². The number of hydrogen-bond acceptors (Lipinski definition) is 4. The van der Waals surface area contributed by atoms with Crippen LogP contribution in [-0.4, -0.2) is 21.1 Å². The second-order valence-electron chi connectivity index (χ2n) is 4.54. The average molecular weight is 279 g/mol. The van der Waals surface area contributed by atoms with E-state index in [0.717, 1.165) is 21.7 Å². The molecule has 1 heterocycles.